The molecule has 0 aromatic carbocycles. The van der Waals surface area contributed by atoms with Crippen molar-refractivity contribution < 1.29 is 9.90 Å². The predicted octanol–water partition coefficient (Wildman–Crippen LogP) is 2.92. The Balaban J connectivity index is 2.10. The van der Waals surface area contributed by atoms with Crippen LogP contribution in [0.5, 0.6) is 0 Å². The van der Waals surface area contributed by atoms with Crippen molar-refractivity contribution in [2.24, 2.45) is 0 Å². The first kappa shape index (κ1) is 12.7. The Morgan fingerprint density at radius 1 is 1.44 bits per heavy atom. The van der Waals surface area contributed by atoms with Gasteiger partial charge in [0.15, 0.2) is 0 Å². The zero-order valence-corrected chi connectivity index (χ0v) is 10.9. The minimum atomic E-state index is -0.748. The number of hydrogen-bond acceptors (Lipinski definition) is 4. The van der Waals surface area contributed by atoms with Gasteiger partial charge in [0.05, 0.1) is 11.4 Å². The lowest BCUT2D eigenvalue weighted by atomic mass is 10.2. The van der Waals surface area contributed by atoms with E-state index in [0.29, 0.717) is 6.42 Å². The van der Waals surface area contributed by atoms with Crippen molar-refractivity contribution in [1.29, 1.82) is 0 Å². The van der Waals surface area contributed by atoms with Crippen LogP contribution in [-0.4, -0.2) is 21.0 Å². The Labute approximate surface area is 109 Å². The summed E-state index contributed by atoms with van der Waals surface area (Å²) >= 11 is 1.60. The van der Waals surface area contributed by atoms with Gasteiger partial charge in [-0.15, -0.1) is 11.3 Å². The molecule has 2 heterocycles. The Morgan fingerprint density at radius 2 is 2.28 bits per heavy atom. The van der Waals surface area contributed by atoms with Crippen LogP contribution in [0.25, 0.3) is 10.7 Å². The van der Waals surface area contributed by atoms with Crippen LogP contribution >= 0.6 is 11.3 Å². The molecule has 2 aromatic rings. The van der Waals surface area contributed by atoms with Gasteiger partial charge in [0.2, 0.25) is 0 Å². The van der Waals surface area contributed by atoms with E-state index < -0.39 is 5.97 Å². The number of pyridine rings is 1. The summed E-state index contributed by atoms with van der Waals surface area (Å²) in [5.41, 5.74) is 1.85. The first-order valence-electron chi connectivity index (χ1n) is 5.76. The first-order valence-corrected chi connectivity index (χ1v) is 6.58. The molecule has 0 atom stereocenters. The number of rotatable bonds is 5. The van der Waals surface area contributed by atoms with Crippen LogP contribution in [0.4, 0.5) is 0 Å². The average Bonchev–Trinajstić information content (AvgIpc) is 2.72. The second kappa shape index (κ2) is 5.73. The second-order valence-electron chi connectivity index (χ2n) is 3.99. The van der Waals surface area contributed by atoms with Crippen LogP contribution in [0.2, 0.25) is 0 Å². The third-order valence-electron chi connectivity index (χ3n) is 2.57. The number of aromatic nitrogens is 2. The Kier molecular flexibility index (Phi) is 4.04. The van der Waals surface area contributed by atoms with E-state index in [-0.39, 0.29) is 6.42 Å². The highest BCUT2D eigenvalue weighted by Crippen LogP contribution is 2.27. The highest BCUT2D eigenvalue weighted by Gasteiger charge is 2.10. The SMILES string of the molecule is Cc1nc(-c2ccccn2)sc1CCCC(=O)O. The van der Waals surface area contributed by atoms with Gasteiger partial charge in [0.25, 0.3) is 0 Å². The maximum atomic E-state index is 10.5. The fourth-order valence-electron chi connectivity index (χ4n) is 1.66. The summed E-state index contributed by atoms with van der Waals surface area (Å²) in [5.74, 6) is -0.748. The molecule has 0 aliphatic heterocycles. The number of aryl methyl sites for hydroxylation is 2. The molecule has 94 valence electrons. The van der Waals surface area contributed by atoms with Crippen LogP contribution in [0.15, 0.2) is 24.4 Å². The maximum absolute atomic E-state index is 10.5. The number of carboxylic acids is 1. The van der Waals surface area contributed by atoms with Gasteiger partial charge in [-0.05, 0) is 31.9 Å². The van der Waals surface area contributed by atoms with Gasteiger partial charge in [0, 0.05) is 17.5 Å². The molecule has 0 unspecified atom stereocenters. The quantitative estimate of drug-likeness (QED) is 0.899. The standard InChI is InChI=1S/C13H14N2O2S/c1-9-11(6-4-7-12(16)17)18-13(15-9)10-5-2-3-8-14-10/h2-3,5,8H,4,6-7H2,1H3,(H,16,17). The summed E-state index contributed by atoms with van der Waals surface area (Å²) < 4.78 is 0. The minimum Gasteiger partial charge on any atom is -0.481 e. The Hall–Kier alpha value is -1.75. The summed E-state index contributed by atoms with van der Waals surface area (Å²) in [6.07, 6.45) is 3.37. The number of nitrogens with zero attached hydrogens (tertiary/aromatic N) is 2. The van der Waals surface area contributed by atoms with Gasteiger partial charge in [-0.1, -0.05) is 6.07 Å². The summed E-state index contributed by atoms with van der Waals surface area (Å²) in [4.78, 5) is 20.4. The molecule has 0 saturated heterocycles. The average molecular weight is 262 g/mol. The van der Waals surface area contributed by atoms with Gasteiger partial charge in [-0.3, -0.25) is 9.78 Å². The van der Waals surface area contributed by atoms with Gasteiger partial charge in [-0.2, -0.15) is 0 Å². The summed E-state index contributed by atoms with van der Waals surface area (Å²) in [6, 6.07) is 5.74. The van der Waals surface area contributed by atoms with E-state index in [1.165, 1.54) is 0 Å². The molecular weight excluding hydrogens is 248 g/mol. The molecule has 0 aliphatic rings. The van der Waals surface area contributed by atoms with Crippen LogP contribution in [0, 0.1) is 6.92 Å². The smallest absolute Gasteiger partial charge is 0.303 e. The van der Waals surface area contributed by atoms with E-state index in [9.17, 15) is 4.79 Å². The van der Waals surface area contributed by atoms with Crippen LogP contribution in [0.1, 0.15) is 23.4 Å². The lowest BCUT2D eigenvalue weighted by molar-refractivity contribution is -0.137. The lowest BCUT2D eigenvalue weighted by Gasteiger charge is -1.95. The van der Waals surface area contributed by atoms with Crippen LogP contribution in [-0.2, 0) is 11.2 Å². The molecule has 2 rings (SSSR count). The molecule has 0 amide bonds. The van der Waals surface area contributed by atoms with E-state index in [1.807, 2.05) is 25.1 Å². The second-order valence-corrected chi connectivity index (χ2v) is 5.07. The zero-order chi connectivity index (χ0) is 13.0. The molecule has 4 nitrogen and oxygen atoms in total. The highest BCUT2D eigenvalue weighted by atomic mass is 32.1. The lowest BCUT2D eigenvalue weighted by Crippen LogP contribution is -1.95. The molecule has 0 aliphatic carbocycles. The molecule has 0 radical (unpaired) electrons. The summed E-state index contributed by atoms with van der Waals surface area (Å²) in [5, 5.41) is 9.52. The zero-order valence-electron chi connectivity index (χ0n) is 10.1. The monoisotopic (exact) mass is 262 g/mol. The Morgan fingerprint density at radius 3 is 2.94 bits per heavy atom. The Bertz CT molecular complexity index is 537. The largest absolute Gasteiger partial charge is 0.481 e. The number of carboxylic acid groups (broad SMARTS) is 1. The van der Waals surface area contributed by atoms with E-state index in [0.717, 1.165) is 27.7 Å². The van der Waals surface area contributed by atoms with E-state index >= 15 is 0 Å². The van der Waals surface area contributed by atoms with Gasteiger partial charge in [0.1, 0.15) is 5.01 Å². The first-order chi connectivity index (χ1) is 8.66. The van der Waals surface area contributed by atoms with Crippen molar-refractivity contribution in [2.75, 3.05) is 0 Å². The molecule has 18 heavy (non-hydrogen) atoms. The number of hydrogen-bond donors (Lipinski definition) is 1. The topological polar surface area (TPSA) is 63.1 Å². The molecule has 0 saturated carbocycles. The van der Waals surface area contributed by atoms with Crippen LogP contribution in [0.3, 0.4) is 0 Å². The van der Waals surface area contributed by atoms with Gasteiger partial charge >= 0.3 is 5.97 Å². The number of thiazole rings is 1. The molecule has 0 spiro atoms. The van der Waals surface area contributed by atoms with Gasteiger partial charge in [-0.25, -0.2) is 4.98 Å². The normalized spacial score (nSPS) is 10.5. The number of aliphatic carboxylic acids is 1. The highest BCUT2D eigenvalue weighted by molar-refractivity contribution is 7.15. The third-order valence-corrected chi connectivity index (χ3v) is 3.81. The van der Waals surface area contributed by atoms with Crippen molar-refractivity contribution >= 4 is 17.3 Å². The van der Waals surface area contributed by atoms with Crippen molar-refractivity contribution in [3.05, 3.63) is 35.0 Å². The van der Waals surface area contributed by atoms with E-state index in [2.05, 4.69) is 9.97 Å². The third kappa shape index (κ3) is 3.13. The molecule has 0 bridgehead atoms. The molecule has 2 aromatic heterocycles. The van der Waals surface area contributed by atoms with Crippen molar-refractivity contribution in [1.82, 2.24) is 9.97 Å². The molecule has 0 fully saturated rings. The van der Waals surface area contributed by atoms with Crippen molar-refractivity contribution in [3.8, 4) is 10.7 Å². The van der Waals surface area contributed by atoms with Crippen molar-refractivity contribution in [3.63, 3.8) is 0 Å². The van der Waals surface area contributed by atoms with Crippen LogP contribution < -0.4 is 0 Å². The molecular formula is C13H14N2O2S. The fourth-order valence-corrected chi connectivity index (χ4v) is 2.74. The summed E-state index contributed by atoms with van der Waals surface area (Å²) in [7, 11) is 0. The van der Waals surface area contributed by atoms with E-state index in [4.69, 9.17) is 5.11 Å². The minimum absolute atomic E-state index is 0.205. The summed E-state index contributed by atoms with van der Waals surface area (Å²) in [6.45, 7) is 1.96. The van der Waals surface area contributed by atoms with E-state index in [1.54, 1.807) is 17.5 Å². The molecule has 1 N–H and O–H groups in total. The maximum Gasteiger partial charge on any atom is 0.303 e. The van der Waals surface area contributed by atoms with Gasteiger partial charge < -0.3 is 5.11 Å². The number of carbonyl (C=O) groups is 1. The predicted molar refractivity (Wildman–Crippen MR) is 70.7 cm³/mol. The van der Waals surface area contributed by atoms with Crippen molar-refractivity contribution in [2.45, 2.75) is 26.2 Å². The molecule has 5 heteroatoms. The fraction of sp³-hybridized carbons (Fsp3) is 0.308.